The molecule has 0 aliphatic heterocycles. The minimum Gasteiger partial charge on any atom is -0.363 e. The molecule has 0 saturated heterocycles. The second-order valence-electron chi connectivity index (χ2n) is 8.19. The molecule has 0 N–H and O–H groups in total. The summed E-state index contributed by atoms with van der Waals surface area (Å²) >= 11 is 0. The Morgan fingerprint density at radius 2 is 1.48 bits per heavy atom. The van der Waals surface area contributed by atoms with Gasteiger partial charge in [-0.15, -0.1) is 0 Å². The summed E-state index contributed by atoms with van der Waals surface area (Å²) in [6.45, 7) is 0.781. The first-order valence-corrected chi connectivity index (χ1v) is 10.8. The number of anilines is 1. The zero-order chi connectivity index (χ0) is 23.4. The van der Waals surface area contributed by atoms with Gasteiger partial charge in [-0.2, -0.15) is 5.10 Å². The van der Waals surface area contributed by atoms with Crippen molar-refractivity contribution in [2.75, 3.05) is 19.0 Å². The van der Waals surface area contributed by atoms with Gasteiger partial charge in [-0.3, -0.25) is 9.48 Å². The maximum atomic E-state index is 13.6. The van der Waals surface area contributed by atoms with E-state index in [1.807, 2.05) is 91.4 Å². The Kier molecular flexibility index (Phi) is 6.54. The Morgan fingerprint density at radius 1 is 0.879 bits per heavy atom. The van der Waals surface area contributed by atoms with E-state index in [0.717, 1.165) is 28.2 Å². The lowest BCUT2D eigenvalue weighted by molar-refractivity contribution is 0.0730. The molecule has 0 radical (unpaired) electrons. The summed E-state index contributed by atoms with van der Waals surface area (Å²) in [6, 6.07) is 25.5. The van der Waals surface area contributed by atoms with Crippen LogP contribution >= 0.6 is 0 Å². The number of carbonyl (C=O) groups excluding carboxylic acids is 1. The maximum absolute atomic E-state index is 13.6. The van der Waals surface area contributed by atoms with Crippen molar-refractivity contribution in [2.45, 2.75) is 13.1 Å². The molecule has 4 rings (SSSR count). The molecule has 0 atom stereocenters. The molecule has 1 aromatic heterocycles. The van der Waals surface area contributed by atoms with E-state index < -0.39 is 0 Å². The third kappa shape index (κ3) is 4.95. The first-order chi connectivity index (χ1) is 15.9. The van der Waals surface area contributed by atoms with Crippen molar-refractivity contribution in [1.82, 2.24) is 14.7 Å². The van der Waals surface area contributed by atoms with E-state index in [1.54, 1.807) is 4.90 Å². The van der Waals surface area contributed by atoms with Gasteiger partial charge in [0.1, 0.15) is 11.6 Å². The predicted octanol–water partition coefficient (Wildman–Crippen LogP) is 5.13. The van der Waals surface area contributed by atoms with Crippen LogP contribution in [0.3, 0.4) is 0 Å². The van der Waals surface area contributed by atoms with Crippen LogP contribution in [0.25, 0.3) is 11.3 Å². The van der Waals surface area contributed by atoms with Gasteiger partial charge >= 0.3 is 0 Å². The van der Waals surface area contributed by atoms with Gasteiger partial charge in [0.15, 0.2) is 0 Å². The minimum absolute atomic E-state index is 0.161. The molecular formula is C27H27FN4O. The number of aryl methyl sites for hydroxylation is 1. The number of halogens is 1. The average Bonchev–Trinajstić information content (AvgIpc) is 3.16. The standard InChI is InChI=1S/C27H27FN4O/c1-30(2)26-24(25(29-31(26)3)21-12-8-5-9-13-21)19-32(18-20-10-6-4-7-11-20)27(33)22-14-16-23(28)17-15-22/h4-17H,18-19H2,1-3H3. The molecule has 0 spiro atoms. The molecule has 1 heterocycles. The molecule has 33 heavy (non-hydrogen) atoms. The second-order valence-corrected chi connectivity index (χ2v) is 8.19. The normalized spacial score (nSPS) is 10.8. The molecule has 6 heteroatoms. The van der Waals surface area contributed by atoms with Crippen LogP contribution < -0.4 is 4.90 Å². The molecule has 0 aliphatic rings. The fourth-order valence-corrected chi connectivity index (χ4v) is 4.06. The third-order valence-electron chi connectivity index (χ3n) is 5.53. The Hall–Kier alpha value is -3.93. The van der Waals surface area contributed by atoms with E-state index in [2.05, 4.69) is 0 Å². The van der Waals surface area contributed by atoms with E-state index in [4.69, 9.17) is 5.10 Å². The number of hydrogen-bond donors (Lipinski definition) is 0. The highest BCUT2D eigenvalue weighted by molar-refractivity contribution is 5.94. The van der Waals surface area contributed by atoms with E-state index in [0.29, 0.717) is 18.7 Å². The highest BCUT2D eigenvalue weighted by Gasteiger charge is 2.25. The SMILES string of the molecule is CN(C)c1c(CN(Cc2ccccc2)C(=O)c2ccc(F)cc2)c(-c2ccccc2)nn1C. The van der Waals surface area contributed by atoms with Crippen molar-refractivity contribution in [1.29, 1.82) is 0 Å². The molecule has 0 unspecified atom stereocenters. The number of nitrogens with zero attached hydrogens (tertiary/aromatic N) is 4. The first kappa shape index (κ1) is 22.3. The van der Waals surface area contributed by atoms with Crippen LogP contribution in [0.1, 0.15) is 21.5 Å². The summed E-state index contributed by atoms with van der Waals surface area (Å²) in [7, 11) is 5.85. The second kappa shape index (κ2) is 9.69. The molecule has 0 aliphatic carbocycles. The van der Waals surface area contributed by atoms with Gasteiger partial charge < -0.3 is 9.80 Å². The summed E-state index contributed by atoms with van der Waals surface area (Å²) in [5, 5.41) is 4.79. The summed E-state index contributed by atoms with van der Waals surface area (Å²) in [6.07, 6.45) is 0. The molecular weight excluding hydrogens is 415 g/mol. The molecule has 4 aromatic rings. The van der Waals surface area contributed by atoms with Crippen molar-refractivity contribution < 1.29 is 9.18 Å². The fourth-order valence-electron chi connectivity index (χ4n) is 4.06. The van der Waals surface area contributed by atoms with Crippen LogP contribution in [-0.2, 0) is 20.1 Å². The number of rotatable bonds is 7. The number of hydrogen-bond acceptors (Lipinski definition) is 3. The van der Waals surface area contributed by atoms with Gasteiger partial charge in [-0.25, -0.2) is 4.39 Å². The quantitative estimate of drug-likeness (QED) is 0.398. The van der Waals surface area contributed by atoms with Crippen molar-refractivity contribution in [3.05, 3.63) is 107 Å². The largest absolute Gasteiger partial charge is 0.363 e. The minimum atomic E-state index is -0.366. The maximum Gasteiger partial charge on any atom is 0.254 e. The number of aromatic nitrogens is 2. The molecule has 0 fully saturated rings. The van der Waals surface area contributed by atoms with Crippen LogP contribution in [0.15, 0.2) is 84.9 Å². The molecule has 1 amide bonds. The summed E-state index contributed by atoms with van der Waals surface area (Å²) in [4.78, 5) is 17.4. The number of carbonyl (C=O) groups is 1. The Labute approximate surface area is 193 Å². The molecule has 168 valence electrons. The Bertz CT molecular complexity index is 1220. The van der Waals surface area contributed by atoms with Gasteiger partial charge in [0.2, 0.25) is 0 Å². The fraction of sp³-hybridized carbons (Fsp3) is 0.185. The van der Waals surface area contributed by atoms with Gasteiger partial charge in [0.05, 0.1) is 12.2 Å². The van der Waals surface area contributed by atoms with Crippen molar-refractivity contribution in [3.8, 4) is 11.3 Å². The topological polar surface area (TPSA) is 41.4 Å². The van der Waals surface area contributed by atoms with E-state index in [9.17, 15) is 9.18 Å². The van der Waals surface area contributed by atoms with E-state index >= 15 is 0 Å². The summed E-state index contributed by atoms with van der Waals surface area (Å²) in [5.41, 5.74) is 4.25. The third-order valence-corrected chi connectivity index (χ3v) is 5.53. The molecule has 0 bridgehead atoms. The zero-order valence-electron chi connectivity index (χ0n) is 19.1. The van der Waals surface area contributed by atoms with Gasteiger partial charge in [0.25, 0.3) is 5.91 Å². The number of benzene rings is 3. The van der Waals surface area contributed by atoms with Crippen LogP contribution in [0, 0.1) is 5.82 Å². The lowest BCUT2D eigenvalue weighted by atomic mass is 10.1. The van der Waals surface area contributed by atoms with Crippen molar-refractivity contribution in [2.24, 2.45) is 7.05 Å². The highest BCUT2D eigenvalue weighted by atomic mass is 19.1. The Morgan fingerprint density at radius 3 is 2.09 bits per heavy atom. The first-order valence-electron chi connectivity index (χ1n) is 10.8. The lowest BCUT2D eigenvalue weighted by Crippen LogP contribution is -2.31. The van der Waals surface area contributed by atoms with Crippen LogP contribution in [0.2, 0.25) is 0 Å². The predicted molar refractivity (Wildman–Crippen MR) is 129 cm³/mol. The highest BCUT2D eigenvalue weighted by Crippen LogP contribution is 2.32. The molecule has 0 saturated carbocycles. The Balaban J connectivity index is 1.78. The summed E-state index contributed by atoms with van der Waals surface area (Å²) in [5.74, 6) is 0.403. The van der Waals surface area contributed by atoms with Gasteiger partial charge in [-0.1, -0.05) is 60.7 Å². The van der Waals surface area contributed by atoms with Crippen molar-refractivity contribution >= 4 is 11.7 Å². The van der Waals surface area contributed by atoms with Crippen LogP contribution in [0.4, 0.5) is 10.2 Å². The monoisotopic (exact) mass is 442 g/mol. The van der Waals surface area contributed by atoms with Crippen LogP contribution in [-0.4, -0.2) is 34.7 Å². The molecule has 3 aromatic carbocycles. The summed E-state index contributed by atoms with van der Waals surface area (Å²) < 4.78 is 15.3. The van der Waals surface area contributed by atoms with Gasteiger partial charge in [0, 0.05) is 44.4 Å². The smallest absolute Gasteiger partial charge is 0.254 e. The zero-order valence-corrected chi connectivity index (χ0v) is 19.1. The van der Waals surface area contributed by atoms with E-state index in [1.165, 1.54) is 24.3 Å². The van der Waals surface area contributed by atoms with Crippen LogP contribution in [0.5, 0.6) is 0 Å². The van der Waals surface area contributed by atoms with E-state index in [-0.39, 0.29) is 11.7 Å². The molecule has 5 nitrogen and oxygen atoms in total. The lowest BCUT2D eigenvalue weighted by Gasteiger charge is -2.25. The number of amides is 1. The van der Waals surface area contributed by atoms with Crippen molar-refractivity contribution in [3.63, 3.8) is 0 Å². The average molecular weight is 443 g/mol. The van der Waals surface area contributed by atoms with Gasteiger partial charge in [-0.05, 0) is 29.8 Å².